The molecule has 0 unspecified atom stereocenters. The smallest absolute Gasteiger partial charge is 0.262 e. The number of anilines is 1. The molecule has 0 atom stereocenters. The number of amides is 3. The van der Waals surface area contributed by atoms with E-state index in [-0.39, 0.29) is 22.7 Å². The monoisotopic (exact) mass is 427 g/mol. The standard InChI is InChI=1S/C21H15F2N3O3S/c1-11-2-5-15-16(6-11)20(29)26(19(15)28)10-18(27)25-21-24-9-14(30-21)7-12-3-4-13(22)8-17(12)23/h2-6,8-9H,7,10H2,1H3,(H,24,25,27). The molecule has 0 bridgehead atoms. The van der Waals surface area contributed by atoms with Gasteiger partial charge < -0.3 is 5.32 Å². The van der Waals surface area contributed by atoms with Crippen molar-refractivity contribution in [1.29, 1.82) is 0 Å². The molecule has 1 aliphatic rings. The van der Waals surface area contributed by atoms with Crippen LogP contribution < -0.4 is 5.32 Å². The minimum Gasteiger partial charge on any atom is -0.300 e. The molecular weight excluding hydrogens is 412 g/mol. The van der Waals surface area contributed by atoms with Gasteiger partial charge in [0, 0.05) is 23.6 Å². The summed E-state index contributed by atoms with van der Waals surface area (Å²) in [5.41, 5.74) is 1.70. The van der Waals surface area contributed by atoms with Crippen LogP contribution in [0, 0.1) is 18.6 Å². The molecule has 3 amide bonds. The van der Waals surface area contributed by atoms with Crippen LogP contribution in [0.1, 0.15) is 36.7 Å². The summed E-state index contributed by atoms with van der Waals surface area (Å²) < 4.78 is 26.8. The van der Waals surface area contributed by atoms with Crippen LogP contribution in [-0.2, 0) is 11.2 Å². The lowest BCUT2D eigenvalue weighted by Crippen LogP contribution is -2.37. The largest absolute Gasteiger partial charge is 0.300 e. The summed E-state index contributed by atoms with van der Waals surface area (Å²) in [6.45, 7) is 1.37. The molecule has 0 fully saturated rings. The molecule has 0 saturated heterocycles. The fraction of sp³-hybridized carbons (Fsp3) is 0.143. The van der Waals surface area contributed by atoms with Crippen molar-refractivity contribution < 1.29 is 23.2 Å². The number of aromatic nitrogens is 1. The van der Waals surface area contributed by atoms with Gasteiger partial charge in [0.25, 0.3) is 11.8 Å². The SMILES string of the molecule is Cc1ccc2c(c1)C(=O)N(CC(=O)Nc1ncc(Cc3ccc(F)cc3F)s1)C2=O. The highest BCUT2D eigenvalue weighted by Crippen LogP contribution is 2.25. The van der Waals surface area contributed by atoms with Crippen molar-refractivity contribution in [3.8, 4) is 0 Å². The average molecular weight is 427 g/mol. The van der Waals surface area contributed by atoms with Crippen molar-refractivity contribution in [2.45, 2.75) is 13.3 Å². The molecule has 1 aromatic heterocycles. The number of imide groups is 1. The molecule has 6 nitrogen and oxygen atoms in total. The third-order valence-corrected chi connectivity index (χ3v) is 5.52. The van der Waals surface area contributed by atoms with E-state index in [1.165, 1.54) is 18.3 Å². The molecule has 0 spiro atoms. The highest BCUT2D eigenvalue weighted by molar-refractivity contribution is 7.15. The van der Waals surface area contributed by atoms with Gasteiger partial charge in [-0.05, 0) is 30.7 Å². The molecule has 2 aromatic carbocycles. The Bertz CT molecular complexity index is 1190. The number of carbonyl (C=O) groups excluding carboxylic acids is 3. The Morgan fingerprint density at radius 2 is 1.87 bits per heavy atom. The van der Waals surface area contributed by atoms with Gasteiger partial charge in [-0.25, -0.2) is 13.8 Å². The lowest BCUT2D eigenvalue weighted by molar-refractivity contribution is -0.116. The Hall–Kier alpha value is -3.46. The van der Waals surface area contributed by atoms with E-state index in [0.717, 1.165) is 27.9 Å². The number of benzene rings is 2. The summed E-state index contributed by atoms with van der Waals surface area (Å²) in [6.07, 6.45) is 1.67. The Morgan fingerprint density at radius 3 is 2.63 bits per heavy atom. The van der Waals surface area contributed by atoms with Gasteiger partial charge in [0.15, 0.2) is 5.13 Å². The van der Waals surface area contributed by atoms with Gasteiger partial charge in [0.2, 0.25) is 5.91 Å². The van der Waals surface area contributed by atoms with Crippen molar-refractivity contribution in [3.63, 3.8) is 0 Å². The first kappa shape index (κ1) is 19.8. The van der Waals surface area contributed by atoms with E-state index in [2.05, 4.69) is 10.3 Å². The number of carbonyl (C=O) groups is 3. The number of halogens is 2. The van der Waals surface area contributed by atoms with Crippen molar-refractivity contribution >= 4 is 34.2 Å². The van der Waals surface area contributed by atoms with Crippen molar-refractivity contribution in [1.82, 2.24) is 9.88 Å². The van der Waals surface area contributed by atoms with Crippen molar-refractivity contribution in [3.05, 3.63) is 81.4 Å². The van der Waals surface area contributed by atoms with Gasteiger partial charge in [-0.2, -0.15) is 0 Å². The van der Waals surface area contributed by atoms with E-state index in [0.29, 0.717) is 10.4 Å². The maximum Gasteiger partial charge on any atom is 0.262 e. The topological polar surface area (TPSA) is 79.4 Å². The fourth-order valence-corrected chi connectivity index (χ4v) is 4.00. The Kier molecular flexibility index (Phi) is 5.13. The second kappa shape index (κ2) is 7.75. The molecule has 1 aliphatic heterocycles. The van der Waals surface area contributed by atoms with Crippen molar-refractivity contribution in [2.75, 3.05) is 11.9 Å². The van der Waals surface area contributed by atoms with Crippen LogP contribution in [0.3, 0.4) is 0 Å². The lowest BCUT2D eigenvalue weighted by atomic mass is 10.1. The zero-order chi connectivity index (χ0) is 21.4. The summed E-state index contributed by atoms with van der Waals surface area (Å²) >= 11 is 1.13. The third kappa shape index (κ3) is 3.84. The van der Waals surface area contributed by atoms with Crippen LogP contribution in [0.15, 0.2) is 42.6 Å². The maximum absolute atomic E-state index is 13.8. The summed E-state index contributed by atoms with van der Waals surface area (Å²) in [5, 5.41) is 2.80. The van der Waals surface area contributed by atoms with Crippen molar-refractivity contribution in [2.24, 2.45) is 0 Å². The van der Waals surface area contributed by atoms with Gasteiger partial charge in [-0.15, -0.1) is 11.3 Å². The number of rotatable bonds is 5. The second-order valence-corrected chi connectivity index (χ2v) is 7.95. The van der Waals surface area contributed by atoms with Gasteiger partial charge in [0.1, 0.15) is 18.2 Å². The zero-order valence-corrected chi connectivity index (χ0v) is 16.6. The number of aryl methyl sites for hydroxylation is 1. The van der Waals surface area contributed by atoms with E-state index >= 15 is 0 Å². The van der Waals surface area contributed by atoms with Gasteiger partial charge in [-0.3, -0.25) is 19.3 Å². The van der Waals surface area contributed by atoms with E-state index in [1.807, 2.05) is 6.92 Å². The molecule has 152 valence electrons. The maximum atomic E-state index is 13.8. The number of thiazole rings is 1. The number of hydrogen-bond acceptors (Lipinski definition) is 5. The van der Waals surface area contributed by atoms with E-state index in [9.17, 15) is 23.2 Å². The van der Waals surface area contributed by atoms with Crippen LogP contribution in [-0.4, -0.2) is 34.2 Å². The molecule has 30 heavy (non-hydrogen) atoms. The predicted molar refractivity (Wildman–Crippen MR) is 106 cm³/mol. The Labute approximate surface area is 174 Å². The molecule has 3 aromatic rings. The highest BCUT2D eigenvalue weighted by atomic mass is 32.1. The van der Waals surface area contributed by atoms with Crippen LogP contribution in [0.2, 0.25) is 0 Å². The van der Waals surface area contributed by atoms with Crippen LogP contribution in [0.4, 0.5) is 13.9 Å². The first-order valence-electron chi connectivity index (χ1n) is 8.97. The van der Waals surface area contributed by atoms with Gasteiger partial charge >= 0.3 is 0 Å². The molecule has 4 rings (SSSR count). The lowest BCUT2D eigenvalue weighted by Gasteiger charge is -2.12. The predicted octanol–water partition coefficient (Wildman–Crippen LogP) is 3.56. The molecule has 0 radical (unpaired) electrons. The number of hydrogen-bond donors (Lipinski definition) is 1. The zero-order valence-electron chi connectivity index (χ0n) is 15.7. The Balaban J connectivity index is 1.41. The summed E-state index contributed by atoms with van der Waals surface area (Å²) in [6, 6.07) is 8.26. The number of nitrogens with zero attached hydrogens (tertiary/aromatic N) is 2. The molecular formula is C21H15F2N3O3S. The highest BCUT2D eigenvalue weighted by Gasteiger charge is 2.36. The third-order valence-electron chi connectivity index (χ3n) is 4.61. The normalized spacial score (nSPS) is 13.0. The molecule has 1 N–H and O–H groups in total. The van der Waals surface area contributed by atoms with Crippen LogP contribution in [0.25, 0.3) is 0 Å². The minimum absolute atomic E-state index is 0.192. The summed E-state index contributed by atoms with van der Waals surface area (Å²) in [7, 11) is 0. The average Bonchev–Trinajstić information content (AvgIpc) is 3.22. The van der Waals surface area contributed by atoms with Crippen LogP contribution in [0.5, 0.6) is 0 Å². The number of fused-ring (bicyclic) bond motifs is 1. The first-order chi connectivity index (χ1) is 14.3. The van der Waals surface area contributed by atoms with E-state index in [4.69, 9.17) is 0 Å². The van der Waals surface area contributed by atoms with Crippen LogP contribution >= 0.6 is 11.3 Å². The first-order valence-corrected chi connectivity index (χ1v) is 9.79. The molecule has 0 saturated carbocycles. The van der Waals surface area contributed by atoms with E-state index in [1.54, 1.807) is 18.2 Å². The van der Waals surface area contributed by atoms with Gasteiger partial charge in [0.05, 0.1) is 11.1 Å². The summed E-state index contributed by atoms with van der Waals surface area (Å²) in [5.74, 6) is -2.92. The van der Waals surface area contributed by atoms with E-state index < -0.39 is 35.9 Å². The summed E-state index contributed by atoms with van der Waals surface area (Å²) in [4.78, 5) is 42.8. The quantitative estimate of drug-likeness (QED) is 0.632. The second-order valence-electron chi connectivity index (χ2n) is 6.84. The number of nitrogens with one attached hydrogen (secondary N) is 1. The molecule has 0 aliphatic carbocycles. The molecule has 2 heterocycles. The minimum atomic E-state index is -0.658. The Morgan fingerprint density at radius 1 is 1.10 bits per heavy atom. The fourth-order valence-electron chi connectivity index (χ4n) is 3.15. The molecule has 9 heteroatoms. The van der Waals surface area contributed by atoms with Gasteiger partial charge in [-0.1, -0.05) is 17.7 Å².